The fourth-order valence-electron chi connectivity index (χ4n) is 3.26. The van der Waals surface area contributed by atoms with Crippen LogP contribution in [0, 0.1) is 6.92 Å². The maximum atomic E-state index is 12.4. The molecule has 134 valence electrons. The van der Waals surface area contributed by atoms with E-state index in [4.69, 9.17) is 4.98 Å². The Balaban J connectivity index is 1.79. The molecule has 1 amide bonds. The Kier molecular flexibility index (Phi) is 5.13. The van der Waals surface area contributed by atoms with Gasteiger partial charge in [-0.05, 0) is 33.9 Å². The van der Waals surface area contributed by atoms with Crippen LogP contribution in [0.2, 0.25) is 0 Å². The van der Waals surface area contributed by atoms with Crippen molar-refractivity contribution in [1.82, 2.24) is 29.3 Å². The van der Waals surface area contributed by atoms with Gasteiger partial charge >= 0.3 is 0 Å². The molecule has 7 nitrogen and oxygen atoms in total. The summed E-state index contributed by atoms with van der Waals surface area (Å²) in [4.78, 5) is 29.8. The molecule has 0 radical (unpaired) electrons. The molecule has 2 aromatic rings. The molecule has 3 rings (SSSR count). The van der Waals surface area contributed by atoms with Gasteiger partial charge in [-0.1, -0.05) is 0 Å². The number of aryl methyl sites for hydroxylation is 1. The van der Waals surface area contributed by atoms with Crippen LogP contribution in [-0.2, 0) is 11.8 Å². The Bertz CT molecular complexity index is 754. The van der Waals surface area contributed by atoms with Crippen LogP contribution in [0.1, 0.15) is 30.3 Å². The SMILES string of the molecule is Cc1ncc(-c2cncc([C@H]3CCCN(C(=O)CN(C)C)C3)n2)n1C. The van der Waals surface area contributed by atoms with Crippen LogP contribution in [0.15, 0.2) is 18.6 Å². The molecular formula is C18H26N6O. The van der Waals surface area contributed by atoms with Crippen molar-refractivity contribution in [3.05, 3.63) is 30.1 Å². The van der Waals surface area contributed by atoms with E-state index in [0.29, 0.717) is 6.54 Å². The molecule has 2 aromatic heterocycles. The predicted molar refractivity (Wildman–Crippen MR) is 96.1 cm³/mol. The van der Waals surface area contributed by atoms with Gasteiger partial charge in [0.1, 0.15) is 11.5 Å². The van der Waals surface area contributed by atoms with Gasteiger partial charge in [0, 0.05) is 32.3 Å². The highest BCUT2D eigenvalue weighted by Crippen LogP contribution is 2.27. The molecule has 0 bridgehead atoms. The van der Waals surface area contributed by atoms with E-state index >= 15 is 0 Å². The molecule has 1 atom stereocenters. The Hall–Kier alpha value is -2.28. The molecule has 3 heterocycles. The summed E-state index contributed by atoms with van der Waals surface area (Å²) in [7, 11) is 5.82. The number of likely N-dealkylation sites (tertiary alicyclic amines) is 1. The summed E-state index contributed by atoms with van der Waals surface area (Å²) in [6.07, 6.45) is 7.47. The Labute approximate surface area is 148 Å². The molecule has 25 heavy (non-hydrogen) atoms. The van der Waals surface area contributed by atoms with Crippen molar-refractivity contribution in [2.24, 2.45) is 7.05 Å². The quantitative estimate of drug-likeness (QED) is 0.841. The van der Waals surface area contributed by atoms with E-state index in [-0.39, 0.29) is 11.8 Å². The zero-order valence-corrected chi connectivity index (χ0v) is 15.4. The summed E-state index contributed by atoms with van der Waals surface area (Å²) in [5.41, 5.74) is 2.75. The van der Waals surface area contributed by atoms with Crippen LogP contribution in [0.5, 0.6) is 0 Å². The number of piperidine rings is 1. The first-order valence-electron chi connectivity index (χ1n) is 8.69. The van der Waals surface area contributed by atoms with Gasteiger partial charge in [-0.25, -0.2) is 9.97 Å². The molecular weight excluding hydrogens is 316 g/mol. The third-order valence-corrected chi connectivity index (χ3v) is 4.78. The van der Waals surface area contributed by atoms with Crippen LogP contribution in [0.25, 0.3) is 11.4 Å². The van der Waals surface area contributed by atoms with E-state index in [1.165, 1.54) is 0 Å². The lowest BCUT2D eigenvalue weighted by Crippen LogP contribution is -2.43. The van der Waals surface area contributed by atoms with Gasteiger partial charge in [0.05, 0.1) is 30.3 Å². The number of hydrogen-bond acceptors (Lipinski definition) is 5. The van der Waals surface area contributed by atoms with Crippen molar-refractivity contribution < 1.29 is 4.79 Å². The highest BCUT2D eigenvalue weighted by Gasteiger charge is 2.26. The summed E-state index contributed by atoms with van der Waals surface area (Å²) in [6.45, 7) is 3.97. The first kappa shape index (κ1) is 17.5. The minimum atomic E-state index is 0.182. The van der Waals surface area contributed by atoms with Crippen LogP contribution in [-0.4, -0.2) is 69.0 Å². The highest BCUT2D eigenvalue weighted by atomic mass is 16.2. The molecule has 1 aliphatic rings. The molecule has 0 aromatic carbocycles. The van der Waals surface area contributed by atoms with Crippen molar-refractivity contribution in [3.63, 3.8) is 0 Å². The minimum absolute atomic E-state index is 0.182. The number of carbonyl (C=O) groups is 1. The lowest BCUT2D eigenvalue weighted by atomic mass is 9.95. The molecule has 1 saturated heterocycles. The normalized spacial score (nSPS) is 18.0. The summed E-state index contributed by atoms with van der Waals surface area (Å²) in [5.74, 6) is 1.36. The van der Waals surface area contributed by atoms with Crippen molar-refractivity contribution in [2.75, 3.05) is 33.7 Å². The van der Waals surface area contributed by atoms with Crippen LogP contribution >= 0.6 is 0 Å². The molecule has 0 unspecified atom stereocenters. The molecule has 0 saturated carbocycles. The van der Waals surface area contributed by atoms with Crippen LogP contribution < -0.4 is 0 Å². The Morgan fingerprint density at radius 3 is 2.80 bits per heavy atom. The number of nitrogens with zero attached hydrogens (tertiary/aromatic N) is 6. The van der Waals surface area contributed by atoms with E-state index in [0.717, 1.165) is 48.8 Å². The zero-order chi connectivity index (χ0) is 18.0. The summed E-state index contributed by atoms with van der Waals surface area (Å²) >= 11 is 0. The fourth-order valence-corrected chi connectivity index (χ4v) is 3.26. The maximum absolute atomic E-state index is 12.4. The predicted octanol–water partition coefficient (Wildman–Crippen LogP) is 1.45. The summed E-state index contributed by atoms with van der Waals surface area (Å²) in [5, 5.41) is 0. The molecule has 0 aliphatic carbocycles. The number of rotatable bonds is 4. The minimum Gasteiger partial charge on any atom is -0.341 e. The molecule has 0 spiro atoms. The van der Waals surface area contributed by atoms with Gasteiger partial charge in [0.15, 0.2) is 0 Å². The van der Waals surface area contributed by atoms with Crippen molar-refractivity contribution in [2.45, 2.75) is 25.7 Å². The van der Waals surface area contributed by atoms with E-state index in [1.54, 1.807) is 6.20 Å². The lowest BCUT2D eigenvalue weighted by molar-refractivity contribution is -0.133. The second kappa shape index (κ2) is 7.31. The molecule has 1 aliphatic heterocycles. The topological polar surface area (TPSA) is 67.2 Å². The average molecular weight is 342 g/mol. The second-order valence-electron chi connectivity index (χ2n) is 7.00. The van der Waals surface area contributed by atoms with Gasteiger partial charge in [0.25, 0.3) is 0 Å². The second-order valence-corrected chi connectivity index (χ2v) is 7.00. The third kappa shape index (κ3) is 3.87. The van der Waals surface area contributed by atoms with Crippen molar-refractivity contribution in [3.8, 4) is 11.4 Å². The zero-order valence-electron chi connectivity index (χ0n) is 15.4. The van der Waals surface area contributed by atoms with Gasteiger partial charge < -0.3 is 14.4 Å². The van der Waals surface area contributed by atoms with Gasteiger partial charge in [0.2, 0.25) is 5.91 Å². The average Bonchev–Trinajstić information content (AvgIpc) is 2.94. The first-order valence-corrected chi connectivity index (χ1v) is 8.69. The van der Waals surface area contributed by atoms with E-state index < -0.39 is 0 Å². The van der Waals surface area contributed by atoms with Crippen LogP contribution in [0.4, 0.5) is 0 Å². The Morgan fingerprint density at radius 1 is 1.32 bits per heavy atom. The largest absolute Gasteiger partial charge is 0.341 e. The molecule has 1 fully saturated rings. The van der Waals surface area contributed by atoms with Crippen molar-refractivity contribution >= 4 is 5.91 Å². The van der Waals surface area contributed by atoms with Crippen molar-refractivity contribution in [1.29, 1.82) is 0 Å². The maximum Gasteiger partial charge on any atom is 0.236 e. The number of carbonyl (C=O) groups excluding carboxylic acids is 1. The number of aromatic nitrogens is 4. The number of amides is 1. The third-order valence-electron chi connectivity index (χ3n) is 4.78. The number of likely N-dealkylation sites (N-methyl/N-ethyl adjacent to an activating group) is 1. The summed E-state index contributed by atoms with van der Waals surface area (Å²) < 4.78 is 2.02. The standard InChI is InChI=1S/C18H26N6O/c1-13-20-10-17(23(13)4)16-9-19-8-15(21-16)14-6-5-7-24(11-14)18(25)12-22(2)3/h8-10,14H,5-7,11-12H2,1-4H3/t14-/m0/s1. The lowest BCUT2D eigenvalue weighted by Gasteiger charge is -2.33. The van der Waals surface area contributed by atoms with E-state index in [9.17, 15) is 4.79 Å². The van der Waals surface area contributed by atoms with E-state index in [2.05, 4.69) is 9.97 Å². The fraction of sp³-hybridized carbons (Fsp3) is 0.556. The Morgan fingerprint density at radius 2 is 2.12 bits per heavy atom. The first-order chi connectivity index (χ1) is 12.0. The summed E-state index contributed by atoms with van der Waals surface area (Å²) in [6, 6.07) is 0. The molecule has 0 N–H and O–H groups in total. The smallest absolute Gasteiger partial charge is 0.236 e. The number of hydrogen-bond donors (Lipinski definition) is 0. The monoisotopic (exact) mass is 342 g/mol. The van der Waals surface area contributed by atoms with Crippen LogP contribution in [0.3, 0.4) is 0 Å². The van der Waals surface area contributed by atoms with Gasteiger partial charge in [-0.2, -0.15) is 0 Å². The van der Waals surface area contributed by atoms with Gasteiger partial charge in [-0.15, -0.1) is 0 Å². The highest BCUT2D eigenvalue weighted by molar-refractivity contribution is 5.78. The van der Waals surface area contributed by atoms with Gasteiger partial charge in [-0.3, -0.25) is 9.78 Å². The number of imidazole rings is 1. The molecule has 7 heteroatoms. The van der Waals surface area contributed by atoms with E-state index in [1.807, 2.05) is 54.8 Å².